The Morgan fingerprint density at radius 2 is 2.50 bits per heavy atom. The van der Waals surface area contributed by atoms with Crippen molar-refractivity contribution in [3.8, 4) is 0 Å². The first-order valence-electron chi connectivity index (χ1n) is 3.86. The molecule has 1 aromatic heterocycles. The minimum atomic E-state index is 0.872. The molecule has 12 heavy (non-hydrogen) atoms. The van der Waals surface area contributed by atoms with Crippen molar-refractivity contribution in [3.63, 3.8) is 0 Å². The van der Waals surface area contributed by atoms with Crippen LogP contribution in [-0.4, -0.2) is 9.55 Å². The number of imidazole rings is 1. The van der Waals surface area contributed by atoms with Gasteiger partial charge in [-0.05, 0) is 17.7 Å². The number of aromatic nitrogens is 2. The molecular formula is C10H9N2. The van der Waals surface area contributed by atoms with Gasteiger partial charge in [0.05, 0.1) is 6.33 Å². The molecule has 1 radical (unpaired) electrons. The zero-order chi connectivity index (χ0) is 8.23. The van der Waals surface area contributed by atoms with Gasteiger partial charge in [-0.2, -0.15) is 0 Å². The molecule has 2 aromatic rings. The fourth-order valence-corrected chi connectivity index (χ4v) is 1.12. The van der Waals surface area contributed by atoms with Crippen molar-refractivity contribution in [3.05, 3.63) is 54.6 Å². The predicted octanol–water partition coefficient (Wildman–Crippen LogP) is 1.73. The number of benzene rings is 1. The van der Waals surface area contributed by atoms with Crippen molar-refractivity contribution in [1.29, 1.82) is 0 Å². The van der Waals surface area contributed by atoms with Crippen LogP contribution in [0.5, 0.6) is 0 Å². The van der Waals surface area contributed by atoms with Gasteiger partial charge in [0.2, 0.25) is 0 Å². The minimum absolute atomic E-state index is 0.872. The second kappa shape index (κ2) is 3.22. The Morgan fingerprint density at radius 1 is 1.50 bits per heavy atom. The van der Waals surface area contributed by atoms with Crippen molar-refractivity contribution < 1.29 is 0 Å². The van der Waals surface area contributed by atoms with Crippen LogP contribution in [0.25, 0.3) is 0 Å². The van der Waals surface area contributed by atoms with Crippen LogP contribution in [0.15, 0.2) is 43.0 Å². The maximum absolute atomic E-state index is 3.97. The fraction of sp³-hybridized carbons (Fsp3) is 0.100. The molecule has 0 spiro atoms. The molecule has 0 aliphatic heterocycles. The highest BCUT2D eigenvalue weighted by Gasteiger charge is 1.91. The second-order valence-corrected chi connectivity index (χ2v) is 2.65. The molecule has 0 aliphatic carbocycles. The van der Waals surface area contributed by atoms with Crippen molar-refractivity contribution in [2.45, 2.75) is 6.54 Å². The molecule has 59 valence electrons. The van der Waals surface area contributed by atoms with Gasteiger partial charge in [0, 0.05) is 18.9 Å². The molecule has 0 saturated carbocycles. The molecular weight excluding hydrogens is 148 g/mol. The van der Waals surface area contributed by atoms with Crippen LogP contribution in [0, 0.1) is 6.07 Å². The van der Waals surface area contributed by atoms with E-state index in [1.165, 1.54) is 5.56 Å². The predicted molar refractivity (Wildman–Crippen MR) is 46.6 cm³/mol. The molecule has 0 atom stereocenters. The third kappa shape index (κ3) is 1.53. The van der Waals surface area contributed by atoms with Gasteiger partial charge in [0.1, 0.15) is 0 Å². The summed E-state index contributed by atoms with van der Waals surface area (Å²) in [6.07, 6.45) is 5.55. The molecule has 0 N–H and O–H groups in total. The summed E-state index contributed by atoms with van der Waals surface area (Å²) in [7, 11) is 0. The lowest BCUT2D eigenvalue weighted by molar-refractivity contribution is 0.797. The lowest BCUT2D eigenvalue weighted by Gasteiger charge is -2.00. The normalized spacial score (nSPS) is 10.0. The summed E-state index contributed by atoms with van der Waals surface area (Å²) in [6.45, 7) is 0.872. The zero-order valence-corrected chi connectivity index (χ0v) is 6.64. The van der Waals surface area contributed by atoms with E-state index in [1.807, 2.05) is 35.3 Å². The Morgan fingerprint density at radius 3 is 3.17 bits per heavy atom. The maximum atomic E-state index is 3.97. The van der Waals surface area contributed by atoms with Gasteiger partial charge in [0.25, 0.3) is 0 Å². The molecule has 0 fully saturated rings. The van der Waals surface area contributed by atoms with Gasteiger partial charge in [-0.25, -0.2) is 4.98 Å². The molecule has 1 heterocycles. The van der Waals surface area contributed by atoms with Crippen LogP contribution in [-0.2, 0) is 6.54 Å². The van der Waals surface area contributed by atoms with E-state index in [4.69, 9.17) is 0 Å². The maximum Gasteiger partial charge on any atom is 0.0949 e. The van der Waals surface area contributed by atoms with E-state index >= 15 is 0 Å². The van der Waals surface area contributed by atoms with Crippen LogP contribution in [0.1, 0.15) is 5.56 Å². The highest BCUT2D eigenvalue weighted by molar-refractivity contribution is 5.13. The van der Waals surface area contributed by atoms with Gasteiger partial charge in [-0.3, -0.25) is 0 Å². The van der Waals surface area contributed by atoms with E-state index in [9.17, 15) is 0 Å². The Labute approximate surface area is 71.5 Å². The van der Waals surface area contributed by atoms with Crippen molar-refractivity contribution in [2.75, 3.05) is 0 Å². The standard InChI is InChI=1S/C10H9N2/c1-2-4-10(5-3-1)8-12-7-6-11-9-12/h1-2,4-7,9H,8H2. The smallest absolute Gasteiger partial charge is 0.0949 e. The molecule has 0 saturated heterocycles. The number of hydrogen-bond donors (Lipinski definition) is 0. The summed E-state index contributed by atoms with van der Waals surface area (Å²) in [4.78, 5) is 3.97. The van der Waals surface area contributed by atoms with Crippen molar-refractivity contribution in [1.82, 2.24) is 9.55 Å². The first-order chi connectivity index (χ1) is 5.95. The van der Waals surface area contributed by atoms with Gasteiger partial charge < -0.3 is 4.57 Å². The number of hydrogen-bond acceptors (Lipinski definition) is 1. The molecule has 0 aliphatic rings. The summed E-state index contributed by atoms with van der Waals surface area (Å²) in [5, 5.41) is 0. The Bertz CT molecular complexity index is 324. The Hall–Kier alpha value is -1.57. The molecule has 2 heteroatoms. The fourth-order valence-electron chi connectivity index (χ4n) is 1.12. The summed E-state index contributed by atoms with van der Waals surface area (Å²) in [5.41, 5.74) is 1.25. The molecule has 1 aromatic carbocycles. The second-order valence-electron chi connectivity index (χ2n) is 2.65. The topological polar surface area (TPSA) is 17.8 Å². The highest BCUT2D eigenvalue weighted by atomic mass is 15.0. The van der Waals surface area contributed by atoms with E-state index in [2.05, 4.69) is 17.1 Å². The third-order valence-corrected chi connectivity index (χ3v) is 1.70. The van der Waals surface area contributed by atoms with E-state index in [1.54, 1.807) is 6.20 Å². The molecule has 0 bridgehead atoms. The van der Waals surface area contributed by atoms with Gasteiger partial charge in [0.15, 0.2) is 0 Å². The van der Waals surface area contributed by atoms with E-state index < -0.39 is 0 Å². The van der Waals surface area contributed by atoms with Crippen LogP contribution in [0.4, 0.5) is 0 Å². The Balaban J connectivity index is 2.15. The van der Waals surface area contributed by atoms with Crippen molar-refractivity contribution >= 4 is 0 Å². The average molecular weight is 157 g/mol. The van der Waals surface area contributed by atoms with Crippen LogP contribution < -0.4 is 0 Å². The van der Waals surface area contributed by atoms with Gasteiger partial charge >= 0.3 is 0 Å². The quantitative estimate of drug-likeness (QED) is 0.649. The van der Waals surface area contributed by atoms with Crippen LogP contribution in [0.2, 0.25) is 0 Å². The third-order valence-electron chi connectivity index (χ3n) is 1.70. The first kappa shape index (κ1) is 7.10. The lowest BCUT2D eigenvalue weighted by atomic mass is 10.2. The zero-order valence-electron chi connectivity index (χ0n) is 6.64. The molecule has 2 nitrogen and oxygen atoms in total. The molecule has 0 amide bonds. The summed E-state index contributed by atoms with van der Waals surface area (Å²) >= 11 is 0. The Kier molecular flexibility index (Phi) is 1.90. The van der Waals surface area contributed by atoms with E-state index in [0.29, 0.717) is 0 Å². The largest absolute Gasteiger partial charge is 0.333 e. The van der Waals surface area contributed by atoms with Gasteiger partial charge in [-0.15, -0.1) is 0 Å². The lowest BCUT2D eigenvalue weighted by Crippen LogP contribution is -1.95. The van der Waals surface area contributed by atoms with E-state index in [0.717, 1.165) is 6.54 Å². The van der Waals surface area contributed by atoms with Gasteiger partial charge in [-0.1, -0.05) is 18.2 Å². The van der Waals surface area contributed by atoms with Crippen LogP contribution >= 0.6 is 0 Å². The number of rotatable bonds is 2. The molecule has 2 rings (SSSR count). The summed E-state index contributed by atoms with van der Waals surface area (Å²) < 4.78 is 2.03. The average Bonchev–Trinajstić information content (AvgIpc) is 2.59. The van der Waals surface area contributed by atoms with Crippen LogP contribution in [0.3, 0.4) is 0 Å². The molecule has 0 unspecified atom stereocenters. The number of nitrogens with zero attached hydrogens (tertiary/aromatic N) is 2. The minimum Gasteiger partial charge on any atom is -0.333 e. The highest BCUT2D eigenvalue weighted by Crippen LogP contribution is 2.00. The van der Waals surface area contributed by atoms with Crippen molar-refractivity contribution in [2.24, 2.45) is 0 Å². The first-order valence-corrected chi connectivity index (χ1v) is 3.86. The summed E-state index contributed by atoms with van der Waals surface area (Å²) in [5.74, 6) is 0. The summed E-state index contributed by atoms with van der Waals surface area (Å²) in [6, 6.07) is 11.0. The SMILES string of the molecule is [c]1cccc(Cn2ccnc2)c1. The van der Waals surface area contributed by atoms with E-state index in [-0.39, 0.29) is 0 Å². The monoisotopic (exact) mass is 157 g/mol.